The summed E-state index contributed by atoms with van der Waals surface area (Å²) in [5.74, 6) is 0.968. The molecular weight excluding hydrogens is 268 g/mol. The number of nitrogens with two attached hydrogens (primary N) is 1. The molecule has 1 rings (SSSR count). The zero-order chi connectivity index (χ0) is 15.9. The molecule has 0 bridgehead atoms. The topological polar surface area (TPSA) is 88.7 Å². The quantitative estimate of drug-likeness (QED) is 0.437. The Balaban J connectivity index is 2.45. The third-order valence-electron chi connectivity index (χ3n) is 2.73. The van der Waals surface area contributed by atoms with Gasteiger partial charge in [-0.05, 0) is 12.1 Å². The third kappa shape index (κ3) is 5.72. The largest absolute Gasteiger partial charge is 0.495 e. The number of aliphatic imine (C=N–C) groups is 1. The van der Waals surface area contributed by atoms with Gasteiger partial charge >= 0.3 is 0 Å². The molecule has 1 aromatic rings. The molecule has 0 unspecified atom stereocenters. The number of carbonyl (C=O) groups excluding carboxylic acids is 1. The van der Waals surface area contributed by atoms with Crippen LogP contribution in [-0.2, 0) is 4.79 Å². The van der Waals surface area contributed by atoms with Gasteiger partial charge in [0.2, 0.25) is 5.91 Å². The first-order valence-corrected chi connectivity index (χ1v) is 6.83. The summed E-state index contributed by atoms with van der Waals surface area (Å²) >= 11 is 0. The van der Waals surface area contributed by atoms with Crippen molar-refractivity contribution in [2.24, 2.45) is 16.1 Å². The summed E-state index contributed by atoms with van der Waals surface area (Å²) in [7, 11) is 1.59. The van der Waals surface area contributed by atoms with Gasteiger partial charge in [0.05, 0.1) is 19.3 Å². The van der Waals surface area contributed by atoms with Crippen LogP contribution in [0.15, 0.2) is 29.3 Å². The van der Waals surface area contributed by atoms with Crippen molar-refractivity contribution in [3.05, 3.63) is 24.3 Å². The Morgan fingerprint density at radius 2 is 2.00 bits per heavy atom. The van der Waals surface area contributed by atoms with Gasteiger partial charge in [0.25, 0.3) is 0 Å². The molecule has 0 radical (unpaired) electrons. The molecule has 0 aromatic heterocycles. The van der Waals surface area contributed by atoms with Crippen molar-refractivity contribution >= 4 is 17.6 Å². The average Bonchev–Trinajstić information content (AvgIpc) is 2.43. The summed E-state index contributed by atoms with van der Waals surface area (Å²) in [4.78, 5) is 15.8. The number of hydrogen-bond acceptors (Lipinski definition) is 3. The van der Waals surface area contributed by atoms with E-state index in [0.29, 0.717) is 18.8 Å². The molecule has 6 heteroatoms. The zero-order valence-corrected chi connectivity index (χ0v) is 13.1. The summed E-state index contributed by atoms with van der Waals surface area (Å²) in [6.45, 7) is 6.45. The molecule has 0 saturated carbocycles. The summed E-state index contributed by atoms with van der Waals surface area (Å²) < 4.78 is 5.21. The van der Waals surface area contributed by atoms with Gasteiger partial charge in [-0.3, -0.25) is 9.79 Å². The second-order valence-electron chi connectivity index (χ2n) is 5.60. The lowest BCUT2D eigenvalue weighted by Gasteiger charge is -2.17. The Morgan fingerprint density at radius 3 is 2.62 bits per heavy atom. The lowest BCUT2D eigenvalue weighted by molar-refractivity contribution is -0.128. The van der Waals surface area contributed by atoms with E-state index in [4.69, 9.17) is 10.5 Å². The molecule has 0 aliphatic heterocycles. The van der Waals surface area contributed by atoms with Crippen LogP contribution in [0.4, 0.5) is 5.69 Å². The number of rotatable bonds is 5. The number of amides is 1. The predicted octanol–water partition coefficient (Wildman–Crippen LogP) is 1.58. The number of nitrogens with one attached hydrogen (secondary N) is 2. The first-order valence-electron chi connectivity index (χ1n) is 6.83. The Hall–Kier alpha value is -2.24. The highest BCUT2D eigenvalue weighted by Gasteiger charge is 2.20. The molecule has 0 aliphatic carbocycles. The van der Waals surface area contributed by atoms with E-state index in [-0.39, 0.29) is 11.9 Å². The van der Waals surface area contributed by atoms with Crippen LogP contribution >= 0.6 is 0 Å². The van der Waals surface area contributed by atoms with Gasteiger partial charge in [0.1, 0.15) is 5.75 Å². The minimum Gasteiger partial charge on any atom is -0.495 e. The van der Waals surface area contributed by atoms with Crippen LogP contribution in [0, 0.1) is 5.41 Å². The Kier molecular flexibility index (Phi) is 6.02. The van der Waals surface area contributed by atoms with Crippen molar-refractivity contribution < 1.29 is 9.53 Å². The number of para-hydroxylation sites is 2. The fraction of sp³-hybridized carbons (Fsp3) is 0.467. The van der Waals surface area contributed by atoms with E-state index >= 15 is 0 Å². The summed E-state index contributed by atoms with van der Waals surface area (Å²) in [5.41, 5.74) is 6.15. The third-order valence-corrected chi connectivity index (χ3v) is 2.73. The maximum atomic E-state index is 11.7. The normalized spacial score (nSPS) is 11.9. The van der Waals surface area contributed by atoms with Gasteiger partial charge in [-0.15, -0.1) is 0 Å². The Morgan fingerprint density at radius 1 is 1.33 bits per heavy atom. The molecule has 0 saturated heterocycles. The second-order valence-corrected chi connectivity index (χ2v) is 5.60. The molecular formula is C15H24N4O2. The van der Waals surface area contributed by atoms with Gasteiger partial charge in [0.15, 0.2) is 5.96 Å². The smallest absolute Gasteiger partial charge is 0.225 e. The number of benzene rings is 1. The van der Waals surface area contributed by atoms with Crippen LogP contribution in [0.1, 0.15) is 20.8 Å². The lowest BCUT2D eigenvalue weighted by Crippen LogP contribution is -2.36. The maximum Gasteiger partial charge on any atom is 0.225 e. The predicted molar refractivity (Wildman–Crippen MR) is 85.6 cm³/mol. The molecule has 21 heavy (non-hydrogen) atoms. The molecule has 4 N–H and O–H groups in total. The summed E-state index contributed by atoms with van der Waals surface area (Å²) in [6.07, 6.45) is 0. The number of guanidine groups is 1. The summed E-state index contributed by atoms with van der Waals surface area (Å²) in [5, 5.41) is 5.78. The van der Waals surface area contributed by atoms with Crippen molar-refractivity contribution in [2.75, 3.05) is 25.5 Å². The number of ether oxygens (including phenoxy) is 1. The minimum atomic E-state index is -0.398. The molecule has 116 valence electrons. The van der Waals surface area contributed by atoms with Crippen molar-refractivity contribution in [3.63, 3.8) is 0 Å². The second kappa shape index (κ2) is 7.52. The van der Waals surface area contributed by atoms with Gasteiger partial charge < -0.3 is 21.1 Å². The first-order chi connectivity index (χ1) is 9.84. The molecule has 6 nitrogen and oxygen atoms in total. The molecule has 0 fully saturated rings. The van der Waals surface area contributed by atoms with Crippen LogP contribution < -0.4 is 21.1 Å². The molecule has 0 spiro atoms. The number of carbonyl (C=O) groups is 1. The van der Waals surface area contributed by atoms with Gasteiger partial charge in [-0.1, -0.05) is 32.9 Å². The number of hydrogen-bond donors (Lipinski definition) is 3. The van der Waals surface area contributed by atoms with E-state index in [0.717, 1.165) is 5.69 Å². The lowest BCUT2D eigenvalue weighted by atomic mass is 9.96. The Labute approximate surface area is 125 Å². The van der Waals surface area contributed by atoms with E-state index in [1.54, 1.807) is 7.11 Å². The average molecular weight is 292 g/mol. The minimum absolute atomic E-state index is 0.00559. The molecule has 0 heterocycles. The standard InChI is InChI=1S/C15H24N4O2/c1-15(2,3)13(20)17-9-10-18-14(16)19-11-7-5-6-8-12(11)21-4/h5-8H,9-10H2,1-4H3,(H,17,20)(H3,16,18,19). The Bertz CT molecular complexity index is 507. The van der Waals surface area contributed by atoms with E-state index in [9.17, 15) is 4.79 Å². The molecule has 0 aliphatic rings. The van der Waals surface area contributed by atoms with Gasteiger partial charge in [-0.25, -0.2) is 0 Å². The van der Waals surface area contributed by atoms with Crippen LogP contribution in [0.25, 0.3) is 0 Å². The van der Waals surface area contributed by atoms with E-state index in [2.05, 4.69) is 15.6 Å². The highest BCUT2D eigenvalue weighted by Crippen LogP contribution is 2.22. The zero-order valence-electron chi connectivity index (χ0n) is 13.1. The first kappa shape index (κ1) is 16.8. The highest BCUT2D eigenvalue weighted by atomic mass is 16.5. The number of anilines is 1. The van der Waals surface area contributed by atoms with Gasteiger partial charge in [0, 0.05) is 12.0 Å². The van der Waals surface area contributed by atoms with Crippen molar-refractivity contribution in [1.29, 1.82) is 0 Å². The SMILES string of the molecule is COc1ccccc1NC(N)=NCCNC(=O)C(C)(C)C. The fourth-order valence-corrected chi connectivity index (χ4v) is 1.54. The van der Waals surface area contributed by atoms with Crippen LogP contribution in [0.2, 0.25) is 0 Å². The maximum absolute atomic E-state index is 11.7. The van der Waals surface area contributed by atoms with E-state index in [1.165, 1.54) is 0 Å². The number of nitrogens with zero attached hydrogens (tertiary/aromatic N) is 1. The highest BCUT2D eigenvalue weighted by molar-refractivity contribution is 5.93. The molecule has 1 amide bonds. The fourth-order valence-electron chi connectivity index (χ4n) is 1.54. The monoisotopic (exact) mass is 292 g/mol. The van der Waals surface area contributed by atoms with E-state index in [1.807, 2.05) is 45.0 Å². The van der Waals surface area contributed by atoms with Crippen LogP contribution in [-0.4, -0.2) is 32.1 Å². The summed E-state index contributed by atoms with van der Waals surface area (Å²) in [6, 6.07) is 7.43. The van der Waals surface area contributed by atoms with Gasteiger partial charge in [-0.2, -0.15) is 0 Å². The van der Waals surface area contributed by atoms with Crippen molar-refractivity contribution in [3.8, 4) is 5.75 Å². The van der Waals surface area contributed by atoms with Crippen molar-refractivity contribution in [2.45, 2.75) is 20.8 Å². The van der Waals surface area contributed by atoms with Crippen LogP contribution in [0.5, 0.6) is 5.75 Å². The number of methoxy groups -OCH3 is 1. The van der Waals surface area contributed by atoms with E-state index < -0.39 is 5.41 Å². The molecule has 1 aromatic carbocycles. The van der Waals surface area contributed by atoms with Crippen molar-refractivity contribution in [1.82, 2.24) is 5.32 Å². The molecule has 0 atom stereocenters. The van der Waals surface area contributed by atoms with Crippen LogP contribution in [0.3, 0.4) is 0 Å².